The number of amides is 1. The molecule has 1 saturated heterocycles. The van der Waals surface area contributed by atoms with Crippen molar-refractivity contribution in [2.24, 2.45) is 10.3 Å². The molecule has 1 aliphatic rings. The van der Waals surface area contributed by atoms with Gasteiger partial charge in [-0.25, -0.2) is 13.3 Å². The van der Waals surface area contributed by atoms with Gasteiger partial charge in [0, 0.05) is 18.8 Å². The lowest BCUT2D eigenvalue weighted by molar-refractivity contribution is -0.137. The molecule has 1 aliphatic heterocycles. The molecule has 9 nitrogen and oxygen atoms in total. The SMILES string of the molecule is [C-]#[N+]c1ccc(NC(=O)C(C)(O)CS(=O)(=O)c2ccc(N=NN3CCCC3)cc2)cc1C(F)(F)F. The highest BCUT2D eigenvalue weighted by Crippen LogP contribution is 2.38. The Morgan fingerprint density at radius 3 is 2.37 bits per heavy atom. The van der Waals surface area contributed by atoms with Gasteiger partial charge in [-0.05, 0) is 56.2 Å². The standard InChI is InChI=1S/C22H22F3N5O4S/c1-21(32,20(31)27-16-7-10-19(26-2)18(13-16)22(23,24)25)14-35(33,34)17-8-5-15(6-9-17)28-29-30-11-3-4-12-30/h5-10,13,32H,3-4,11-12,14H2,1H3,(H,27,31). The predicted octanol–water partition coefficient (Wildman–Crippen LogP) is 4.51. The van der Waals surface area contributed by atoms with Crippen LogP contribution in [0.4, 0.5) is 30.2 Å². The molecule has 1 fully saturated rings. The van der Waals surface area contributed by atoms with Crippen molar-refractivity contribution in [3.8, 4) is 0 Å². The van der Waals surface area contributed by atoms with Gasteiger partial charge >= 0.3 is 6.18 Å². The second kappa shape index (κ2) is 10.0. The van der Waals surface area contributed by atoms with Crippen LogP contribution in [-0.4, -0.2) is 48.9 Å². The van der Waals surface area contributed by atoms with Crippen LogP contribution in [0.3, 0.4) is 0 Å². The fourth-order valence-corrected chi connectivity index (χ4v) is 4.94. The molecule has 0 aromatic heterocycles. The lowest BCUT2D eigenvalue weighted by Gasteiger charge is -2.22. The molecule has 2 aromatic rings. The quantitative estimate of drug-likeness (QED) is 0.421. The van der Waals surface area contributed by atoms with Crippen LogP contribution in [0.2, 0.25) is 0 Å². The Hall–Kier alpha value is -3.50. The Balaban J connectivity index is 1.71. The normalized spacial score (nSPS) is 16.2. The van der Waals surface area contributed by atoms with Crippen molar-refractivity contribution in [1.82, 2.24) is 5.01 Å². The van der Waals surface area contributed by atoms with Gasteiger partial charge in [-0.2, -0.15) is 13.2 Å². The van der Waals surface area contributed by atoms with E-state index >= 15 is 0 Å². The van der Waals surface area contributed by atoms with E-state index in [1.54, 1.807) is 5.01 Å². The highest BCUT2D eigenvalue weighted by Gasteiger charge is 2.38. The largest absolute Gasteiger partial charge is 0.407 e. The first-order valence-electron chi connectivity index (χ1n) is 10.4. The summed E-state index contributed by atoms with van der Waals surface area (Å²) in [6, 6.07) is 7.86. The zero-order valence-electron chi connectivity index (χ0n) is 18.6. The Morgan fingerprint density at radius 2 is 1.80 bits per heavy atom. The average Bonchev–Trinajstić information content (AvgIpc) is 3.30. The van der Waals surface area contributed by atoms with E-state index in [1.807, 2.05) is 0 Å². The number of anilines is 1. The number of hydrogen-bond acceptors (Lipinski definition) is 6. The predicted molar refractivity (Wildman–Crippen MR) is 121 cm³/mol. The van der Waals surface area contributed by atoms with E-state index in [0.29, 0.717) is 11.8 Å². The molecule has 0 saturated carbocycles. The molecule has 1 amide bonds. The molecule has 3 rings (SSSR count). The van der Waals surface area contributed by atoms with E-state index in [9.17, 15) is 31.5 Å². The van der Waals surface area contributed by atoms with E-state index in [2.05, 4.69) is 20.5 Å². The summed E-state index contributed by atoms with van der Waals surface area (Å²) >= 11 is 0. The van der Waals surface area contributed by atoms with Crippen LogP contribution in [0.5, 0.6) is 0 Å². The maximum Gasteiger partial charge on any atom is 0.407 e. The Bertz CT molecular complexity index is 1260. The second-order valence-electron chi connectivity index (χ2n) is 8.17. The van der Waals surface area contributed by atoms with E-state index in [0.717, 1.165) is 45.0 Å². The monoisotopic (exact) mass is 509 g/mol. The number of alkyl halides is 3. The molecule has 186 valence electrons. The topological polar surface area (TPSA) is 116 Å². The van der Waals surface area contributed by atoms with Gasteiger partial charge < -0.3 is 10.4 Å². The molecule has 1 heterocycles. The van der Waals surface area contributed by atoms with Gasteiger partial charge in [-0.15, -0.1) is 5.11 Å². The smallest absolute Gasteiger partial charge is 0.379 e. The Morgan fingerprint density at radius 1 is 1.17 bits per heavy atom. The summed E-state index contributed by atoms with van der Waals surface area (Å²) < 4.78 is 65.0. The van der Waals surface area contributed by atoms with Gasteiger partial charge in [-0.1, -0.05) is 11.3 Å². The number of carbonyl (C=O) groups excluding carboxylic acids is 1. The summed E-state index contributed by atoms with van der Waals surface area (Å²) in [6.45, 7) is 9.39. The molecule has 2 N–H and O–H groups in total. The zero-order chi connectivity index (χ0) is 25.9. The van der Waals surface area contributed by atoms with Crippen LogP contribution < -0.4 is 5.32 Å². The Kier molecular flexibility index (Phi) is 7.47. The third kappa shape index (κ3) is 6.55. The van der Waals surface area contributed by atoms with E-state index in [1.165, 1.54) is 24.3 Å². The summed E-state index contributed by atoms with van der Waals surface area (Å²) in [5, 5.41) is 22.5. The number of benzene rings is 2. The van der Waals surface area contributed by atoms with E-state index in [-0.39, 0.29) is 10.6 Å². The van der Waals surface area contributed by atoms with Crippen LogP contribution in [0.15, 0.2) is 57.7 Å². The van der Waals surface area contributed by atoms with Crippen molar-refractivity contribution < 1.29 is 31.5 Å². The first-order chi connectivity index (χ1) is 16.3. The van der Waals surface area contributed by atoms with Crippen molar-refractivity contribution in [1.29, 1.82) is 0 Å². The third-order valence-electron chi connectivity index (χ3n) is 5.21. The molecule has 0 bridgehead atoms. The van der Waals surface area contributed by atoms with Gasteiger partial charge in [0.2, 0.25) is 0 Å². The van der Waals surface area contributed by atoms with Crippen LogP contribution in [-0.2, 0) is 20.8 Å². The van der Waals surface area contributed by atoms with Gasteiger partial charge in [0.15, 0.2) is 21.1 Å². The van der Waals surface area contributed by atoms with E-state index < -0.39 is 44.5 Å². The molecule has 0 radical (unpaired) electrons. The van der Waals surface area contributed by atoms with Crippen molar-refractivity contribution in [3.63, 3.8) is 0 Å². The Labute approximate surface area is 200 Å². The number of halogens is 3. The first-order valence-corrected chi connectivity index (χ1v) is 12.1. The minimum absolute atomic E-state index is 0.175. The summed E-state index contributed by atoms with van der Waals surface area (Å²) in [4.78, 5) is 15.1. The van der Waals surface area contributed by atoms with Crippen molar-refractivity contribution in [2.45, 2.75) is 36.4 Å². The number of nitrogens with zero attached hydrogens (tertiary/aromatic N) is 4. The summed E-state index contributed by atoms with van der Waals surface area (Å²) in [5.74, 6) is -2.24. The fraction of sp³-hybridized carbons (Fsp3) is 0.364. The molecule has 2 aromatic carbocycles. The van der Waals surface area contributed by atoms with Crippen LogP contribution in [0.25, 0.3) is 4.85 Å². The van der Waals surface area contributed by atoms with Crippen molar-refractivity contribution >= 4 is 32.8 Å². The van der Waals surface area contributed by atoms with Gasteiger partial charge in [-0.3, -0.25) is 9.80 Å². The maximum absolute atomic E-state index is 13.2. The van der Waals surface area contributed by atoms with Crippen molar-refractivity contribution in [3.05, 3.63) is 59.4 Å². The molecule has 0 aliphatic carbocycles. The molecule has 13 heteroatoms. The van der Waals surface area contributed by atoms with Gasteiger partial charge in [0.25, 0.3) is 5.91 Å². The lowest BCUT2D eigenvalue weighted by Crippen LogP contribution is -2.45. The van der Waals surface area contributed by atoms with Crippen LogP contribution >= 0.6 is 0 Å². The highest BCUT2D eigenvalue weighted by molar-refractivity contribution is 7.91. The average molecular weight is 510 g/mol. The molecule has 1 unspecified atom stereocenters. The van der Waals surface area contributed by atoms with Gasteiger partial charge in [0.1, 0.15) is 0 Å². The third-order valence-corrected chi connectivity index (χ3v) is 7.14. The first kappa shape index (κ1) is 26.1. The number of rotatable bonds is 7. The number of nitrogens with one attached hydrogen (secondary N) is 1. The molecule has 35 heavy (non-hydrogen) atoms. The summed E-state index contributed by atoms with van der Waals surface area (Å²) in [6.07, 6.45) is -2.79. The zero-order valence-corrected chi connectivity index (χ0v) is 19.4. The molecule has 1 atom stereocenters. The number of sulfone groups is 1. The highest BCUT2D eigenvalue weighted by atomic mass is 32.2. The minimum Gasteiger partial charge on any atom is -0.379 e. The summed E-state index contributed by atoms with van der Waals surface area (Å²) in [5.41, 5.74) is -4.32. The molecular weight excluding hydrogens is 487 g/mol. The number of hydrogen-bond donors (Lipinski definition) is 2. The van der Waals surface area contributed by atoms with Crippen LogP contribution in [0.1, 0.15) is 25.3 Å². The summed E-state index contributed by atoms with van der Waals surface area (Å²) in [7, 11) is -4.16. The number of carbonyl (C=O) groups is 1. The minimum atomic E-state index is -4.84. The lowest BCUT2D eigenvalue weighted by atomic mass is 10.1. The molecular formula is C22H22F3N5O4S. The second-order valence-corrected chi connectivity index (χ2v) is 10.2. The fourth-order valence-electron chi connectivity index (χ4n) is 3.35. The number of aliphatic hydroxyl groups is 1. The van der Waals surface area contributed by atoms with Gasteiger partial charge in [0.05, 0.1) is 28.5 Å². The van der Waals surface area contributed by atoms with E-state index in [4.69, 9.17) is 6.57 Å². The maximum atomic E-state index is 13.2. The van der Waals surface area contributed by atoms with Crippen LogP contribution in [0, 0.1) is 6.57 Å². The molecule has 0 spiro atoms. The van der Waals surface area contributed by atoms with Crippen molar-refractivity contribution in [2.75, 3.05) is 24.2 Å².